The van der Waals surface area contributed by atoms with Crippen molar-refractivity contribution in [3.63, 3.8) is 0 Å². The molecule has 4 bridgehead atoms. The predicted octanol–water partition coefficient (Wildman–Crippen LogP) is 6.57. The summed E-state index contributed by atoms with van der Waals surface area (Å²) in [5.41, 5.74) is 6.13. The van der Waals surface area contributed by atoms with Crippen LogP contribution in [0.1, 0.15) is 87.6 Å². The number of rotatable bonds is 7. The maximum absolute atomic E-state index is 13.3. The van der Waals surface area contributed by atoms with E-state index >= 15 is 0 Å². The number of aromatic amines is 1. The van der Waals surface area contributed by atoms with E-state index in [1.807, 2.05) is 4.90 Å². The Morgan fingerprint density at radius 1 is 1.03 bits per heavy atom. The van der Waals surface area contributed by atoms with E-state index in [-0.39, 0.29) is 23.5 Å². The first-order valence-corrected chi connectivity index (χ1v) is 15.0. The maximum Gasteiger partial charge on any atom is 0.249 e. The second kappa shape index (κ2) is 9.44. The van der Waals surface area contributed by atoms with E-state index in [0.29, 0.717) is 0 Å². The van der Waals surface area contributed by atoms with Gasteiger partial charge in [0.25, 0.3) is 0 Å². The lowest BCUT2D eigenvalue weighted by atomic mass is 9.53. The minimum absolute atomic E-state index is 0.0798. The van der Waals surface area contributed by atoms with Crippen LogP contribution in [0.5, 0.6) is 0 Å². The van der Waals surface area contributed by atoms with Gasteiger partial charge in [-0.15, -0.1) is 0 Å². The first-order chi connectivity index (χ1) is 18.6. The standard InChI is InChI=1S/C33H41N3O2/c1-2-3-6-26-16-28-27-7-4-5-8-29(27)34-31(28)32(36(26)30(38)20-37)24-9-11-25(12-10-24)35-33-17-21-13-22(18-33)15-23(14-21)19-33/h4-5,7-12,21-23,26,32,34-35,37H,2-3,6,13-20H2,1H3/t21?,22?,23?,26-,32-,33?/m0/s1. The van der Waals surface area contributed by atoms with Gasteiger partial charge in [-0.25, -0.2) is 0 Å². The van der Waals surface area contributed by atoms with Crippen molar-refractivity contribution in [3.8, 4) is 0 Å². The number of aliphatic hydroxyl groups excluding tert-OH is 1. The van der Waals surface area contributed by atoms with Crippen molar-refractivity contribution in [3.05, 3.63) is 65.4 Å². The topological polar surface area (TPSA) is 68.4 Å². The third-order valence-corrected chi connectivity index (χ3v) is 10.2. The molecule has 200 valence electrons. The Morgan fingerprint density at radius 2 is 1.71 bits per heavy atom. The highest BCUT2D eigenvalue weighted by Gasteiger charge is 2.51. The van der Waals surface area contributed by atoms with Crippen molar-refractivity contribution in [2.75, 3.05) is 11.9 Å². The van der Waals surface area contributed by atoms with Gasteiger partial charge in [0.05, 0.1) is 6.04 Å². The van der Waals surface area contributed by atoms with Crippen LogP contribution in [0.4, 0.5) is 5.69 Å². The lowest BCUT2D eigenvalue weighted by Crippen LogP contribution is -2.54. The smallest absolute Gasteiger partial charge is 0.249 e. The van der Waals surface area contributed by atoms with Gasteiger partial charge in [-0.3, -0.25) is 4.79 Å². The minimum Gasteiger partial charge on any atom is -0.387 e. The van der Waals surface area contributed by atoms with Crippen LogP contribution in [0.3, 0.4) is 0 Å². The fourth-order valence-corrected chi connectivity index (χ4v) is 9.11. The molecule has 5 aliphatic rings. The third-order valence-electron chi connectivity index (χ3n) is 10.2. The summed E-state index contributed by atoms with van der Waals surface area (Å²) in [6.45, 7) is 1.74. The zero-order chi connectivity index (χ0) is 25.9. The Morgan fingerprint density at radius 3 is 2.37 bits per heavy atom. The van der Waals surface area contributed by atoms with Gasteiger partial charge < -0.3 is 20.3 Å². The number of hydrogen-bond donors (Lipinski definition) is 3. The van der Waals surface area contributed by atoms with Crippen LogP contribution < -0.4 is 5.32 Å². The SMILES string of the molecule is CCCC[C@H]1Cc2c([nH]c3ccccc23)[C@H](c2ccc(NC34CC5CC(CC(C5)C3)C4)cc2)N1C(=O)CO. The van der Waals surface area contributed by atoms with Crippen molar-refractivity contribution >= 4 is 22.5 Å². The molecule has 5 nitrogen and oxygen atoms in total. The molecule has 0 spiro atoms. The number of para-hydroxylation sites is 1. The highest BCUT2D eigenvalue weighted by molar-refractivity contribution is 5.87. The molecule has 38 heavy (non-hydrogen) atoms. The summed E-state index contributed by atoms with van der Waals surface area (Å²) < 4.78 is 0. The molecule has 4 saturated carbocycles. The molecule has 4 aliphatic carbocycles. The van der Waals surface area contributed by atoms with Gasteiger partial charge in [-0.2, -0.15) is 0 Å². The van der Waals surface area contributed by atoms with Crippen LogP contribution in [0.15, 0.2) is 48.5 Å². The Bertz CT molecular complexity index is 1290. The number of nitrogens with zero attached hydrogens (tertiary/aromatic N) is 1. The summed E-state index contributed by atoms with van der Waals surface area (Å²) in [5, 5.41) is 15.3. The molecule has 5 heteroatoms. The van der Waals surface area contributed by atoms with E-state index in [4.69, 9.17) is 0 Å². The highest BCUT2D eigenvalue weighted by Crippen LogP contribution is 2.56. The third kappa shape index (κ3) is 4.05. The Labute approximate surface area is 226 Å². The Hall–Kier alpha value is -2.79. The normalized spacial score (nSPS) is 31.5. The molecule has 0 unspecified atom stereocenters. The number of aromatic nitrogens is 1. The summed E-state index contributed by atoms with van der Waals surface area (Å²) >= 11 is 0. The van der Waals surface area contributed by atoms with E-state index in [1.165, 1.54) is 55.2 Å². The molecular formula is C33H41N3O2. The predicted molar refractivity (Wildman–Crippen MR) is 152 cm³/mol. The molecule has 8 rings (SSSR count). The summed E-state index contributed by atoms with van der Waals surface area (Å²) in [5.74, 6) is 2.55. The number of hydrogen-bond acceptors (Lipinski definition) is 3. The molecule has 2 heterocycles. The van der Waals surface area contributed by atoms with Gasteiger partial charge in [0.1, 0.15) is 6.61 Å². The van der Waals surface area contributed by atoms with E-state index in [2.05, 4.69) is 65.8 Å². The van der Waals surface area contributed by atoms with Crippen molar-refractivity contribution in [2.45, 2.75) is 88.8 Å². The largest absolute Gasteiger partial charge is 0.387 e. The molecule has 1 amide bonds. The number of amides is 1. The second-order valence-corrected chi connectivity index (χ2v) is 12.9. The second-order valence-electron chi connectivity index (χ2n) is 12.9. The van der Waals surface area contributed by atoms with Crippen LogP contribution in [0.25, 0.3) is 10.9 Å². The number of aliphatic hydroxyl groups is 1. The number of carbonyl (C=O) groups is 1. The van der Waals surface area contributed by atoms with E-state index in [9.17, 15) is 9.90 Å². The summed E-state index contributed by atoms with van der Waals surface area (Å²) in [4.78, 5) is 18.9. The van der Waals surface area contributed by atoms with Gasteiger partial charge in [-0.1, -0.05) is 50.1 Å². The first kappa shape index (κ1) is 24.3. The van der Waals surface area contributed by atoms with Gasteiger partial charge >= 0.3 is 0 Å². The zero-order valence-electron chi connectivity index (χ0n) is 22.6. The summed E-state index contributed by atoms with van der Waals surface area (Å²) in [6, 6.07) is 17.2. The Balaban J connectivity index is 1.24. The number of unbranched alkanes of at least 4 members (excludes halogenated alkanes) is 1. The fourth-order valence-electron chi connectivity index (χ4n) is 9.11. The fraction of sp³-hybridized carbons (Fsp3) is 0.545. The van der Waals surface area contributed by atoms with E-state index in [1.54, 1.807) is 0 Å². The lowest BCUT2D eigenvalue weighted by Gasteiger charge is -2.57. The molecule has 1 aromatic heterocycles. The zero-order valence-corrected chi connectivity index (χ0v) is 22.6. The van der Waals surface area contributed by atoms with Crippen LogP contribution in [-0.4, -0.2) is 39.1 Å². The first-order valence-electron chi connectivity index (χ1n) is 15.0. The van der Waals surface area contributed by atoms with Gasteiger partial charge in [0.2, 0.25) is 5.91 Å². The van der Waals surface area contributed by atoms with Gasteiger partial charge in [-0.05, 0) is 98.4 Å². The number of anilines is 1. The van der Waals surface area contributed by atoms with Gasteiger partial charge in [0, 0.05) is 33.9 Å². The molecular weight excluding hydrogens is 470 g/mol. The molecule has 3 N–H and O–H groups in total. The number of nitrogens with one attached hydrogen (secondary N) is 2. The lowest BCUT2D eigenvalue weighted by molar-refractivity contribution is -0.139. The molecule has 4 fully saturated rings. The van der Waals surface area contributed by atoms with Crippen LogP contribution in [0, 0.1) is 17.8 Å². The summed E-state index contributed by atoms with van der Waals surface area (Å²) in [7, 11) is 0. The average molecular weight is 512 g/mol. The van der Waals surface area contributed by atoms with Crippen molar-refractivity contribution in [2.24, 2.45) is 17.8 Å². The van der Waals surface area contributed by atoms with Crippen LogP contribution in [-0.2, 0) is 11.2 Å². The highest BCUT2D eigenvalue weighted by atomic mass is 16.3. The quantitative estimate of drug-likeness (QED) is 0.336. The number of H-pyrrole nitrogens is 1. The monoisotopic (exact) mass is 511 g/mol. The summed E-state index contributed by atoms with van der Waals surface area (Å²) in [6.07, 6.45) is 12.2. The average Bonchev–Trinajstić information content (AvgIpc) is 3.28. The van der Waals surface area contributed by atoms with Crippen molar-refractivity contribution < 1.29 is 9.90 Å². The van der Waals surface area contributed by atoms with E-state index < -0.39 is 6.61 Å². The maximum atomic E-state index is 13.3. The molecule has 2 atom stereocenters. The molecule has 1 aliphatic heterocycles. The Kier molecular flexibility index (Phi) is 6.03. The molecule has 0 saturated heterocycles. The minimum atomic E-state index is -0.458. The molecule has 2 aromatic carbocycles. The molecule has 0 radical (unpaired) electrons. The van der Waals surface area contributed by atoms with E-state index in [0.717, 1.165) is 60.2 Å². The molecule has 3 aromatic rings. The number of benzene rings is 2. The van der Waals surface area contributed by atoms with Crippen molar-refractivity contribution in [1.82, 2.24) is 9.88 Å². The number of fused-ring (bicyclic) bond motifs is 3. The van der Waals surface area contributed by atoms with Crippen molar-refractivity contribution in [1.29, 1.82) is 0 Å². The van der Waals surface area contributed by atoms with Gasteiger partial charge in [0.15, 0.2) is 0 Å². The van der Waals surface area contributed by atoms with Crippen LogP contribution in [0.2, 0.25) is 0 Å². The number of carbonyl (C=O) groups excluding carboxylic acids is 1. The van der Waals surface area contributed by atoms with Crippen LogP contribution >= 0.6 is 0 Å².